The first-order chi connectivity index (χ1) is 10.1. The van der Waals surface area contributed by atoms with E-state index in [2.05, 4.69) is 5.32 Å². The van der Waals surface area contributed by atoms with E-state index in [0.717, 1.165) is 5.56 Å². The molecule has 0 aliphatic carbocycles. The molecule has 21 heavy (non-hydrogen) atoms. The molecule has 0 saturated carbocycles. The number of benzene rings is 1. The largest absolute Gasteiger partial charge is 0.480 e. The number of carboxylic acid groups (broad SMARTS) is 1. The maximum absolute atomic E-state index is 11.4. The number of ether oxygens (including phenoxy) is 1. The monoisotopic (exact) mass is 294 g/mol. The smallest absolute Gasteiger partial charge is 0.407 e. The molecule has 6 heteroatoms. The number of aliphatic carboxylic acids is 1. The van der Waals surface area contributed by atoms with Gasteiger partial charge in [0.25, 0.3) is 0 Å². The number of unbranched alkanes of at least 4 members (excludes halogenated alkanes) is 1. The molecule has 116 valence electrons. The Bertz CT molecular complexity index is 437. The van der Waals surface area contributed by atoms with Gasteiger partial charge in [0.1, 0.15) is 6.04 Å². The highest BCUT2D eigenvalue weighted by Gasteiger charge is 2.10. The fraction of sp³-hybridized carbons (Fsp3) is 0.467. The van der Waals surface area contributed by atoms with Crippen molar-refractivity contribution in [1.82, 2.24) is 5.32 Å². The highest BCUT2D eigenvalue weighted by molar-refractivity contribution is 5.72. The summed E-state index contributed by atoms with van der Waals surface area (Å²) < 4.78 is 5.04. The number of carbonyl (C=O) groups excluding carboxylic acids is 1. The molecule has 1 aromatic rings. The molecule has 1 rings (SSSR count). The van der Waals surface area contributed by atoms with Crippen LogP contribution in [0.4, 0.5) is 4.79 Å². The van der Waals surface area contributed by atoms with Crippen LogP contribution in [-0.2, 0) is 16.0 Å². The molecule has 0 unspecified atom stereocenters. The van der Waals surface area contributed by atoms with Crippen LogP contribution in [0.1, 0.15) is 24.8 Å². The summed E-state index contributed by atoms with van der Waals surface area (Å²) in [5.74, 6) is -0.997. The molecular formula is C15H22N2O4. The van der Waals surface area contributed by atoms with Gasteiger partial charge in [0.05, 0.1) is 6.61 Å². The van der Waals surface area contributed by atoms with Gasteiger partial charge in [0.2, 0.25) is 0 Å². The van der Waals surface area contributed by atoms with Crippen LogP contribution in [0.2, 0.25) is 0 Å². The number of nitrogens with one attached hydrogen (secondary N) is 1. The molecular weight excluding hydrogens is 272 g/mol. The molecule has 1 aromatic carbocycles. The van der Waals surface area contributed by atoms with Crippen LogP contribution in [-0.4, -0.2) is 36.4 Å². The highest BCUT2D eigenvalue weighted by Crippen LogP contribution is 2.00. The highest BCUT2D eigenvalue weighted by atomic mass is 16.5. The number of carboxylic acids is 1. The Morgan fingerprint density at radius 2 is 1.95 bits per heavy atom. The number of hydrogen-bond acceptors (Lipinski definition) is 4. The quantitative estimate of drug-likeness (QED) is 0.600. The van der Waals surface area contributed by atoms with Crippen molar-refractivity contribution in [3.05, 3.63) is 35.9 Å². The molecule has 0 spiro atoms. The minimum atomic E-state index is -0.997. The predicted octanol–water partition coefficient (Wildman–Crippen LogP) is 1.54. The lowest BCUT2D eigenvalue weighted by molar-refractivity contribution is -0.138. The lowest BCUT2D eigenvalue weighted by Crippen LogP contribution is -2.30. The Hall–Kier alpha value is -2.08. The number of alkyl carbamates (subject to hydrolysis) is 1. The lowest BCUT2D eigenvalue weighted by Gasteiger charge is -2.08. The second-order valence-electron chi connectivity index (χ2n) is 4.74. The average Bonchev–Trinajstić information content (AvgIpc) is 2.47. The van der Waals surface area contributed by atoms with Crippen LogP contribution in [0.25, 0.3) is 0 Å². The van der Waals surface area contributed by atoms with E-state index in [1.165, 1.54) is 0 Å². The number of rotatable bonds is 9. The third-order valence-electron chi connectivity index (χ3n) is 3.00. The Morgan fingerprint density at radius 1 is 1.24 bits per heavy atom. The summed E-state index contributed by atoms with van der Waals surface area (Å²) in [5.41, 5.74) is 6.49. The molecule has 4 N–H and O–H groups in total. The molecule has 0 aliphatic rings. The van der Waals surface area contributed by atoms with Crippen LogP contribution in [0, 0.1) is 0 Å². The number of hydrogen-bond donors (Lipinski definition) is 3. The van der Waals surface area contributed by atoms with Crippen molar-refractivity contribution in [3.63, 3.8) is 0 Å². The first-order valence-electron chi connectivity index (χ1n) is 7.02. The molecule has 1 amide bonds. The zero-order valence-corrected chi connectivity index (χ0v) is 12.0. The molecule has 6 nitrogen and oxygen atoms in total. The molecule has 0 aliphatic heterocycles. The van der Waals surface area contributed by atoms with Crippen molar-refractivity contribution in [2.24, 2.45) is 5.73 Å². The SMILES string of the molecule is N[C@@H](CCCCNC(=O)OCCc1ccccc1)C(=O)O. The van der Waals surface area contributed by atoms with Crippen LogP contribution in [0.15, 0.2) is 30.3 Å². The standard InChI is InChI=1S/C15H22N2O4/c16-13(14(18)19)8-4-5-10-17-15(20)21-11-9-12-6-2-1-3-7-12/h1-3,6-7,13H,4-5,8-11,16H2,(H,17,20)(H,18,19)/t13-/m0/s1. The Labute approximate surface area is 124 Å². The zero-order chi connectivity index (χ0) is 15.5. The summed E-state index contributed by atoms with van der Waals surface area (Å²) in [6.45, 7) is 0.788. The molecule has 0 fully saturated rings. The van der Waals surface area contributed by atoms with E-state index in [4.69, 9.17) is 15.6 Å². The molecule has 0 saturated heterocycles. The first kappa shape index (κ1) is 17.0. The van der Waals surface area contributed by atoms with Crippen LogP contribution < -0.4 is 11.1 Å². The summed E-state index contributed by atoms with van der Waals surface area (Å²) >= 11 is 0. The summed E-state index contributed by atoms with van der Waals surface area (Å²) in [7, 11) is 0. The topological polar surface area (TPSA) is 102 Å². The minimum Gasteiger partial charge on any atom is -0.480 e. The summed E-state index contributed by atoms with van der Waals surface area (Å²) in [6.07, 6.45) is 1.96. The van der Waals surface area contributed by atoms with E-state index in [0.29, 0.717) is 38.8 Å². The van der Waals surface area contributed by atoms with Crippen molar-refractivity contribution in [3.8, 4) is 0 Å². The van der Waals surface area contributed by atoms with Gasteiger partial charge in [0.15, 0.2) is 0 Å². The van der Waals surface area contributed by atoms with Crippen molar-refractivity contribution in [1.29, 1.82) is 0 Å². The molecule has 0 aromatic heterocycles. The minimum absolute atomic E-state index is 0.333. The number of carbonyl (C=O) groups is 2. The van der Waals surface area contributed by atoms with Gasteiger partial charge in [-0.15, -0.1) is 0 Å². The third-order valence-corrected chi connectivity index (χ3v) is 3.00. The van der Waals surface area contributed by atoms with Crippen LogP contribution >= 0.6 is 0 Å². The van der Waals surface area contributed by atoms with E-state index >= 15 is 0 Å². The van der Waals surface area contributed by atoms with Gasteiger partial charge in [-0.1, -0.05) is 30.3 Å². The Morgan fingerprint density at radius 3 is 2.62 bits per heavy atom. The molecule has 0 heterocycles. The van der Waals surface area contributed by atoms with E-state index in [1.807, 2.05) is 30.3 Å². The van der Waals surface area contributed by atoms with Gasteiger partial charge in [0, 0.05) is 13.0 Å². The fourth-order valence-electron chi connectivity index (χ4n) is 1.76. The average molecular weight is 294 g/mol. The van der Waals surface area contributed by atoms with E-state index < -0.39 is 18.1 Å². The van der Waals surface area contributed by atoms with Crippen LogP contribution in [0.5, 0.6) is 0 Å². The third kappa shape index (κ3) is 7.94. The van der Waals surface area contributed by atoms with E-state index in [-0.39, 0.29) is 0 Å². The number of nitrogens with two attached hydrogens (primary N) is 1. The molecule has 0 radical (unpaired) electrons. The summed E-state index contributed by atoms with van der Waals surface area (Å²) in [5, 5.41) is 11.2. The normalized spacial score (nSPS) is 11.7. The number of amides is 1. The second kappa shape index (κ2) is 9.77. The van der Waals surface area contributed by atoms with Gasteiger partial charge in [-0.05, 0) is 24.8 Å². The second-order valence-corrected chi connectivity index (χ2v) is 4.74. The predicted molar refractivity (Wildman–Crippen MR) is 79.0 cm³/mol. The maximum Gasteiger partial charge on any atom is 0.407 e. The van der Waals surface area contributed by atoms with E-state index in [1.54, 1.807) is 0 Å². The first-order valence-corrected chi connectivity index (χ1v) is 7.02. The lowest BCUT2D eigenvalue weighted by atomic mass is 10.1. The molecule has 1 atom stereocenters. The summed E-state index contributed by atoms with van der Waals surface area (Å²) in [4.78, 5) is 21.9. The summed E-state index contributed by atoms with van der Waals surface area (Å²) in [6, 6.07) is 8.95. The van der Waals surface area contributed by atoms with Crippen molar-refractivity contribution in [2.75, 3.05) is 13.2 Å². The van der Waals surface area contributed by atoms with E-state index in [9.17, 15) is 9.59 Å². The van der Waals surface area contributed by atoms with Crippen molar-refractivity contribution >= 4 is 12.1 Å². The Balaban J connectivity index is 2.00. The maximum atomic E-state index is 11.4. The molecule has 0 bridgehead atoms. The van der Waals surface area contributed by atoms with Gasteiger partial charge >= 0.3 is 12.1 Å². The van der Waals surface area contributed by atoms with Crippen LogP contribution in [0.3, 0.4) is 0 Å². The van der Waals surface area contributed by atoms with Gasteiger partial charge in [-0.2, -0.15) is 0 Å². The van der Waals surface area contributed by atoms with Gasteiger partial charge < -0.3 is 20.9 Å². The van der Waals surface area contributed by atoms with Gasteiger partial charge in [-0.3, -0.25) is 4.79 Å². The fourth-order valence-corrected chi connectivity index (χ4v) is 1.76. The van der Waals surface area contributed by atoms with Crippen molar-refractivity contribution < 1.29 is 19.4 Å². The van der Waals surface area contributed by atoms with Gasteiger partial charge in [-0.25, -0.2) is 4.79 Å². The zero-order valence-electron chi connectivity index (χ0n) is 12.0. The van der Waals surface area contributed by atoms with Crippen molar-refractivity contribution in [2.45, 2.75) is 31.7 Å². The Kier molecular flexibility index (Phi) is 7.89.